The molecule has 0 aliphatic carbocycles. The van der Waals surface area contributed by atoms with Crippen LogP contribution in [0.15, 0.2) is 48.5 Å². The normalized spacial score (nSPS) is 12.5. The van der Waals surface area contributed by atoms with Crippen molar-refractivity contribution in [3.05, 3.63) is 59.7 Å². The van der Waals surface area contributed by atoms with Crippen molar-refractivity contribution in [1.29, 1.82) is 0 Å². The van der Waals surface area contributed by atoms with Gasteiger partial charge in [0.15, 0.2) is 0 Å². The number of ether oxygens (including phenoxy) is 1. The Morgan fingerprint density at radius 2 is 1.16 bits per heavy atom. The summed E-state index contributed by atoms with van der Waals surface area (Å²) in [6.45, 7) is 6.09. The minimum absolute atomic E-state index is 0.445. The van der Waals surface area contributed by atoms with Gasteiger partial charge in [0.2, 0.25) is 0 Å². The molecule has 0 aromatic heterocycles. The van der Waals surface area contributed by atoms with E-state index in [2.05, 4.69) is 26.0 Å². The van der Waals surface area contributed by atoms with Gasteiger partial charge in [-0.25, -0.2) is 0 Å². The second-order valence-corrected chi connectivity index (χ2v) is 5.07. The fourth-order valence-electron chi connectivity index (χ4n) is 1.87. The number of hydrogen-bond donors (Lipinski definition) is 1. The van der Waals surface area contributed by atoms with Crippen LogP contribution in [0.1, 0.15) is 43.9 Å². The van der Waals surface area contributed by atoms with Crippen LogP contribution in [0.5, 0.6) is 11.5 Å². The second kappa shape index (κ2) is 5.89. The Bertz CT molecular complexity index is 460. The molecule has 0 fully saturated rings. The lowest BCUT2D eigenvalue weighted by atomic mass is 10.0. The summed E-state index contributed by atoms with van der Waals surface area (Å²) >= 11 is 0. The molecule has 0 saturated carbocycles. The highest BCUT2D eigenvalue weighted by molar-refractivity contribution is 5.35. The van der Waals surface area contributed by atoms with E-state index in [-0.39, 0.29) is 0 Å². The predicted molar refractivity (Wildman–Crippen MR) is 77.7 cm³/mol. The molecule has 1 atom stereocenters. The van der Waals surface area contributed by atoms with Crippen LogP contribution in [0.25, 0.3) is 0 Å². The van der Waals surface area contributed by atoms with Crippen LogP contribution in [0.3, 0.4) is 0 Å². The Kier molecular flexibility index (Phi) is 4.23. The van der Waals surface area contributed by atoms with Gasteiger partial charge in [0.05, 0.1) is 6.10 Å². The van der Waals surface area contributed by atoms with Gasteiger partial charge in [-0.05, 0) is 48.2 Å². The van der Waals surface area contributed by atoms with Gasteiger partial charge in [-0.3, -0.25) is 0 Å². The van der Waals surface area contributed by atoms with E-state index in [9.17, 15) is 5.11 Å². The van der Waals surface area contributed by atoms with Crippen molar-refractivity contribution in [3.8, 4) is 11.5 Å². The van der Waals surface area contributed by atoms with Gasteiger partial charge >= 0.3 is 0 Å². The van der Waals surface area contributed by atoms with Crippen molar-refractivity contribution < 1.29 is 9.84 Å². The lowest BCUT2D eigenvalue weighted by Gasteiger charge is -2.10. The average molecular weight is 256 g/mol. The zero-order chi connectivity index (χ0) is 13.8. The van der Waals surface area contributed by atoms with Gasteiger partial charge < -0.3 is 9.84 Å². The van der Waals surface area contributed by atoms with Crippen molar-refractivity contribution in [3.63, 3.8) is 0 Å². The average Bonchev–Trinajstić information content (AvgIpc) is 2.40. The minimum Gasteiger partial charge on any atom is -0.457 e. The number of hydrogen-bond acceptors (Lipinski definition) is 2. The smallest absolute Gasteiger partial charge is 0.127 e. The molecule has 0 saturated heterocycles. The van der Waals surface area contributed by atoms with E-state index >= 15 is 0 Å². The van der Waals surface area contributed by atoms with Crippen molar-refractivity contribution in [1.82, 2.24) is 0 Å². The standard InChI is InChI=1S/C17H20O2/c1-12(2)14-4-8-16(9-5-14)19-17-10-6-15(7-11-17)13(3)18/h4-13,18H,1-3H3. The maximum Gasteiger partial charge on any atom is 0.127 e. The van der Waals surface area contributed by atoms with Crippen LogP contribution in [0, 0.1) is 0 Å². The first-order chi connectivity index (χ1) is 9.06. The Morgan fingerprint density at radius 1 is 0.737 bits per heavy atom. The number of rotatable bonds is 4. The van der Waals surface area contributed by atoms with E-state index in [4.69, 9.17) is 4.74 Å². The summed E-state index contributed by atoms with van der Waals surface area (Å²) in [5, 5.41) is 9.45. The maximum atomic E-state index is 9.45. The van der Waals surface area contributed by atoms with Gasteiger partial charge in [-0.15, -0.1) is 0 Å². The first-order valence-electron chi connectivity index (χ1n) is 6.62. The highest BCUT2D eigenvalue weighted by Crippen LogP contribution is 2.25. The highest BCUT2D eigenvalue weighted by atomic mass is 16.5. The molecule has 0 aliphatic rings. The van der Waals surface area contributed by atoms with E-state index in [1.807, 2.05) is 36.4 Å². The molecule has 0 heterocycles. The Balaban J connectivity index is 2.08. The van der Waals surface area contributed by atoms with E-state index in [1.165, 1.54) is 5.56 Å². The van der Waals surface area contributed by atoms with Crippen LogP contribution in [-0.2, 0) is 0 Å². The van der Waals surface area contributed by atoms with Crippen molar-refractivity contribution in [2.45, 2.75) is 32.8 Å². The third-order valence-corrected chi connectivity index (χ3v) is 3.14. The summed E-state index contributed by atoms with van der Waals surface area (Å²) in [5.41, 5.74) is 2.19. The van der Waals surface area contributed by atoms with Gasteiger partial charge in [0.25, 0.3) is 0 Å². The van der Waals surface area contributed by atoms with Crippen LogP contribution in [0.2, 0.25) is 0 Å². The monoisotopic (exact) mass is 256 g/mol. The highest BCUT2D eigenvalue weighted by Gasteiger charge is 2.03. The van der Waals surface area contributed by atoms with Gasteiger partial charge in [0, 0.05) is 0 Å². The van der Waals surface area contributed by atoms with E-state index in [1.54, 1.807) is 6.92 Å². The Labute approximate surface area is 114 Å². The van der Waals surface area contributed by atoms with Gasteiger partial charge in [-0.1, -0.05) is 38.1 Å². The zero-order valence-corrected chi connectivity index (χ0v) is 11.6. The molecule has 2 aromatic rings. The second-order valence-electron chi connectivity index (χ2n) is 5.07. The van der Waals surface area contributed by atoms with E-state index in [0.29, 0.717) is 5.92 Å². The molecule has 1 unspecified atom stereocenters. The summed E-state index contributed by atoms with van der Waals surface area (Å²) in [5.74, 6) is 2.13. The molecule has 0 spiro atoms. The fraction of sp³-hybridized carbons (Fsp3) is 0.294. The summed E-state index contributed by atoms with van der Waals surface area (Å²) < 4.78 is 5.77. The van der Waals surface area contributed by atoms with Crippen molar-refractivity contribution in [2.75, 3.05) is 0 Å². The molecule has 19 heavy (non-hydrogen) atoms. The molecule has 2 aromatic carbocycles. The molecule has 0 amide bonds. The number of benzene rings is 2. The molecule has 2 nitrogen and oxygen atoms in total. The molecule has 100 valence electrons. The molecule has 2 heteroatoms. The zero-order valence-electron chi connectivity index (χ0n) is 11.6. The molecular weight excluding hydrogens is 236 g/mol. The van der Waals surface area contributed by atoms with Gasteiger partial charge in [-0.2, -0.15) is 0 Å². The maximum absolute atomic E-state index is 9.45. The first-order valence-corrected chi connectivity index (χ1v) is 6.62. The topological polar surface area (TPSA) is 29.5 Å². The summed E-state index contributed by atoms with van der Waals surface area (Å²) in [6, 6.07) is 15.6. The molecule has 0 bridgehead atoms. The molecule has 0 radical (unpaired) electrons. The largest absolute Gasteiger partial charge is 0.457 e. The minimum atomic E-state index is -0.445. The van der Waals surface area contributed by atoms with Crippen LogP contribution >= 0.6 is 0 Å². The molecule has 0 aliphatic heterocycles. The van der Waals surface area contributed by atoms with Crippen LogP contribution in [-0.4, -0.2) is 5.11 Å². The molecule has 1 N–H and O–H groups in total. The number of aliphatic hydroxyl groups excluding tert-OH is 1. The quantitative estimate of drug-likeness (QED) is 0.862. The SMILES string of the molecule is CC(C)c1ccc(Oc2ccc(C(C)O)cc2)cc1. The molecular formula is C17H20O2. The Morgan fingerprint density at radius 3 is 1.53 bits per heavy atom. The summed E-state index contributed by atoms with van der Waals surface area (Å²) in [7, 11) is 0. The van der Waals surface area contributed by atoms with E-state index in [0.717, 1.165) is 17.1 Å². The van der Waals surface area contributed by atoms with Crippen molar-refractivity contribution in [2.24, 2.45) is 0 Å². The molecule has 2 rings (SSSR count). The predicted octanol–water partition coefficient (Wildman–Crippen LogP) is 4.66. The van der Waals surface area contributed by atoms with Crippen LogP contribution in [0.4, 0.5) is 0 Å². The summed E-state index contributed by atoms with van der Waals surface area (Å²) in [4.78, 5) is 0. The lowest BCUT2D eigenvalue weighted by Crippen LogP contribution is -1.91. The third-order valence-electron chi connectivity index (χ3n) is 3.14. The fourth-order valence-corrected chi connectivity index (χ4v) is 1.87. The third kappa shape index (κ3) is 3.58. The van der Waals surface area contributed by atoms with Crippen LogP contribution < -0.4 is 4.74 Å². The first kappa shape index (κ1) is 13.6. The lowest BCUT2D eigenvalue weighted by molar-refractivity contribution is 0.199. The van der Waals surface area contributed by atoms with E-state index < -0.39 is 6.10 Å². The summed E-state index contributed by atoms with van der Waals surface area (Å²) in [6.07, 6.45) is -0.445. The number of aliphatic hydroxyl groups is 1. The van der Waals surface area contributed by atoms with Gasteiger partial charge in [0.1, 0.15) is 11.5 Å². The Hall–Kier alpha value is -1.80. The van der Waals surface area contributed by atoms with Crippen molar-refractivity contribution >= 4 is 0 Å².